The third-order valence-electron chi connectivity index (χ3n) is 5.10. The molecule has 23 heavy (non-hydrogen) atoms. The van der Waals surface area contributed by atoms with Gasteiger partial charge in [-0.15, -0.1) is 0 Å². The predicted molar refractivity (Wildman–Crippen MR) is 89.0 cm³/mol. The Kier molecular flexibility index (Phi) is 3.95. The summed E-state index contributed by atoms with van der Waals surface area (Å²) in [5, 5.41) is 0. The molecule has 5 heteroatoms. The van der Waals surface area contributed by atoms with Crippen LogP contribution in [0.2, 0.25) is 0 Å². The van der Waals surface area contributed by atoms with E-state index < -0.39 is 0 Å². The van der Waals surface area contributed by atoms with Crippen molar-refractivity contribution in [2.45, 2.75) is 38.6 Å². The molecule has 1 saturated carbocycles. The number of H-pyrrole nitrogens is 1. The summed E-state index contributed by atoms with van der Waals surface area (Å²) in [5.74, 6) is 1.48. The smallest absolute Gasteiger partial charge is 0.254 e. The van der Waals surface area contributed by atoms with Crippen LogP contribution in [0.5, 0.6) is 0 Å². The molecule has 3 heterocycles. The average molecular weight is 310 g/mol. The molecule has 2 aliphatic rings. The summed E-state index contributed by atoms with van der Waals surface area (Å²) in [6.07, 6.45) is 9.71. The van der Waals surface area contributed by atoms with Gasteiger partial charge in [0.05, 0.1) is 5.69 Å². The van der Waals surface area contributed by atoms with E-state index in [2.05, 4.69) is 14.9 Å². The first-order valence-corrected chi connectivity index (χ1v) is 8.54. The Hall–Kier alpha value is -2.01. The van der Waals surface area contributed by atoms with E-state index in [0.29, 0.717) is 5.82 Å². The molecule has 0 bridgehead atoms. The van der Waals surface area contributed by atoms with Crippen LogP contribution in [0.4, 0.5) is 0 Å². The highest BCUT2D eigenvalue weighted by Gasteiger charge is 2.24. The molecule has 1 N–H and O–H groups in total. The maximum Gasteiger partial charge on any atom is 0.254 e. The molecule has 0 aromatic carbocycles. The van der Waals surface area contributed by atoms with Crippen LogP contribution in [0.3, 0.4) is 0 Å². The summed E-state index contributed by atoms with van der Waals surface area (Å²) < 4.78 is 0. The van der Waals surface area contributed by atoms with E-state index in [-0.39, 0.29) is 5.56 Å². The summed E-state index contributed by atoms with van der Waals surface area (Å²) in [5.41, 5.74) is 2.74. The lowest BCUT2D eigenvalue weighted by molar-refractivity contribution is 0.211. The normalized spacial score (nSPS) is 19.0. The van der Waals surface area contributed by atoms with Crippen molar-refractivity contribution in [3.05, 3.63) is 46.1 Å². The Balaban J connectivity index is 1.59. The Bertz CT molecular complexity index is 734. The standard InChI is InChI=1S/C18H22N4O/c23-18-15-7-10-22(11-13-3-1-2-4-13)12-16(15)20-17(21-18)14-5-8-19-9-6-14/h5-6,8-9,13H,1-4,7,10-12H2,(H,20,21,23). The van der Waals surface area contributed by atoms with Gasteiger partial charge in [-0.25, -0.2) is 4.98 Å². The van der Waals surface area contributed by atoms with Crippen molar-refractivity contribution in [2.24, 2.45) is 5.92 Å². The fourth-order valence-corrected chi connectivity index (χ4v) is 3.85. The zero-order chi connectivity index (χ0) is 15.6. The molecule has 1 aliphatic heterocycles. The zero-order valence-corrected chi connectivity index (χ0v) is 13.3. The molecule has 2 aromatic heterocycles. The monoisotopic (exact) mass is 310 g/mol. The lowest BCUT2D eigenvalue weighted by atomic mass is 10.0. The minimum Gasteiger partial charge on any atom is -0.306 e. The van der Waals surface area contributed by atoms with Crippen molar-refractivity contribution in [3.63, 3.8) is 0 Å². The van der Waals surface area contributed by atoms with Crippen LogP contribution in [-0.2, 0) is 13.0 Å². The summed E-state index contributed by atoms with van der Waals surface area (Å²) in [4.78, 5) is 26.5. The molecule has 0 radical (unpaired) electrons. The van der Waals surface area contributed by atoms with Crippen LogP contribution in [0.25, 0.3) is 11.4 Å². The highest BCUT2D eigenvalue weighted by atomic mass is 16.1. The summed E-state index contributed by atoms with van der Waals surface area (Å²) in [6.45, 7) is 2.93. The third kappa shape index (κ3) is 3.06. The van der Waals surface area contributed by atoms with Gasteiger partial charge in [0, 0.05) is 43.2 Å². The predicted octanol–water partition coefficient (Wildman–Crippen LogP) is 2.38. The maximum atomic E-state index is 12.4. The molecule has 0 spiro atoms. The lowest BCUT2D eigenvalue weighted by Gasteiger charge is -2.29. The van der Waals surface area contributed by atoms with Crippen molar-refractivity contribution < 1.29 is 0 Å². The van der Waals surface area contributed by atoms with Gasteiger partial charge in [0.1, 0.15) is 5.82 Å². The highest BCUT2D eigenvalue weighted by molar-refractivity contribution is 5.54. The van der Waals surface area contributed by atoms with Gasteiger partial charge in [0.2, 0.25) is 0 Å². The number of fused-ring (bicyclic) bond motifs is 1. The van der Waals surface area contributed by atoms with E-state index in [0.717, 1.165) is 48.8 Å². The minimum absolute atomic E-state index is 0.0160. The number of aromatic amines is 1. The van der Waals surface area contributed by atoms with Gasteiger partial charge >= 0.3 is 0 Å². The topological polar surface area (TPSA) is 61.9 Å². The van der Waals surface area contributed by atoms with E-state index in [4.69, 9.17) is 4.98 Å². The van der Waals surface area contributed by atoms with Crippen LogP contribution in [0, 0.1) is 5.92 Å². The molecule has 4 rings (SSSR count). The second-order valence-corrected chi connectivity index (χ2v) is 6.71. The molecule has 2 aromatic rings. The van der Waals surface area contributed by atoms with Crippen molar-refractivity contribution in [1.82, 2.24) is 19.9 Å². The molecular weight excluding hydrogens is 288 g/mol. The number of hydrogen-bond acceptors (Lipinski definition) is 4. The minimum atomic E-state index is 0.0160. The van der Waals surface area contributed by atoms with Gasteiger partial charge in [0.25, 0.3) is 5.56 Å². The molecule has 0 saturated heterocycles. The molecule has 120 valence electrons. The van der Waals surface area contributed by atoms with Crippen LogP contribution in [-0.4, -0.2) is 32.9 Å². The Morgan fingerprint density at radius 1 is 1.22 bits per heavy atom. The maximum absolute atomic E-state index is 12.4. The quantitative estimate of drug-likeness (QED) is 0.945. The second kappa shape index (κ2) is 6.24. The molecule has 1 aliphatic carbocycles. The number of pyridine rings is 1. The van der Waals surface area contributed by atoms with Gasteiger partial charge in [-0.1, -0.05) is 12.8 Å². The van der Waals surface area contributed by atoms with Gasteiger partial charge in [-0.3, -0.25) is 14.7 Å². The van der Waals surface area contributed by atoms with Crippen molar-refractivity contribution in [1.29, 1.82) is 0 Å². The molecule has 0 atom stereocenters. The first-order chi connectivity index (χ1) is 11.3. The molecule has 0 amide bonds. The first kappa shape index (κ1) is 14.6. The van der Waals surface area contributed by atoms with Gasteiger partial charge < -0.3 is 4.98 Å². The average Bonchev–Trinajstić information content (AvgIpc) is 3.08. The zero-order valence-electron chi connectivity index (χ0n) is 13.3. The Morgan fingerprint density at radius 2 is 2.00 bits per heavy atom. The number of nitrogens with one attached hydrogen (secondary N) is 1. The van der Waals surface area contributed by atoms with Gasteiger partial charge in [-0.05, 0) is 37.3 Å². The fourth-order valence-electron chi connectivity index (χ4n) is 3.85. The molecule has 0 unspecified atom stereocenters. The lowest BCUT2D eigenvalue weighted by Crippen LogP contribution is -2.37. The van der Waals surface area contributed by atoms with E-state index in [1.54, 1.807) is 12.4 Å². The number of rotatable bonds is 3. The SMILES string of the molecule is O=c1[nH]c(-c2ccncc2)nc2c1CCN(CC1CCCC1)C2. The van der Waals surface area contributed by atoms with E-state index >= 15 is 0 Å². The van der Waals surface area contributed by atoms with E-state index in [1.807, 2.05) is 12.1 Å². The third-order valence-corrected chi connectivity index (χ3v) is 5.10. The Labute approximate surface area is 135 Å². The van der Waals surface area contributed by atoms with Crippen LogP contribution >= 0.6 is 0 Å². The molecule has 5 nitrogen and oxygen atoms in total. The van der Waals surface area contributed by atoms with Crippen LogP contribution in [0.1, 0.15) is 36.9 Å². The molecular formula is C18H22N4O. The second-order valence-electron chi connectivity index (χ2n) is 6.71. The Morgan fingerprint density at radius 3 is 2.78 bits per heavy atom. The largest absolute Gasteiger partial charge is 0.306 e. The van der Waals surface area contributed by atoms with Gasteiger partial charge in [-0.2, -0.15) is 0 Å². The summed E-state index contributed by atoms with van der Waals surface area (Å²) in [7, 11) is 0. The summed E-state index contributed by atoms with van der Waals surface area (Å²) in [6, 6.07) is 3.76. The summed E-state index contributed by atoms with van der Waals surface area (Å²) >= 11 is 0. The number of nitrogens with zero attached hydrogens (tertiary/aromatic N) is 3. The number of hydrogen-bond donors (Lipinski definition) is 1. The van der Waals surface area contributed by atoms with Crippen molar-refractivity contribution >= 4 is 0 Å². The van der Waals surface area contributed by atoms with E-state index in [1.165, 1.54) is 25.7 Å². The molecule has 1 fully saturated rings. The first-order valence-electron chi connectivity index (χ1n) is 8.54. The van der Waals surface area contributed by atoms with Crippen LogP contribution in [0.15, 0.2) is 29.3 Å². The highest BCUT2D eigenvalue weighted by Crippen LogP contribution is 2.27. The van der Waals surface area contributed by atoms with Crippen molar-refractivity contribution in [3.8, 4) is 11.4 Å². The number of aromatic nitrogens is 3. The van der Waals surface area contributed by atoms with Crippen LogP contribution < -0.4 is 5.56 Å². The van der Waals surface area contributed by atoms with E-state index in [9.17, 15) is 4.79 Å². The van der Waals surface area contributed by atoms with Gasteiger partial charge in [0.15, 0.2) is 0 Å². The fraction of sp³-hybridized carbons (Fsp3) is 0.500. The van der Waals surface area contributed by atoms with Crippen molar-refractivity contribution in [2.75, 3.05) is 13.1 Å².